The maximum absolute atomic E-state index is 12.5. The van der Waals surface area contributed by atoms with E-state index in [4.69, 9.17) is 0 Å². The van der Waals surface area contributed by atoms with Crippen LogP contribution in [0, 0.1) is 6.08 Å². The van der Waals surface area contributed by atoms with Crippen molar-refractivity contribution < 1.29 is 18.3 Å². The Labute approximate surface area is 130 Å². The Morgan fingerprint density at radius 1 is 1.38 bits per heavy atom. The average Bonchev–Trinajstić information content (AvgIpc) is 2.53. The number of carbonyl (C=O) groups is 1. The molecule has 1 aromatic heterocycles. The number of Topliss-reactive ketones (excluding diaryl/α,β-unsaturated/α-hetero) is 1. The summed E-state index contributed by atoms with van der Waals surface area (Å²) in [5.41, 5.74) is -0.819. The normalized spacial score (nSPS) is 10.5. The summed E-state index contributed by atoms with van der Waals surface area (Å²) < 4.78 is 30.4. The fraction of sp³-hybridized carbons (Fsp3) is 0.133. The van der Waals surface area contributed by atoms with Gasteiger partial charge in [-0.1, -0.05) is 18.3 Å². The molecule has 24 heavy (non-hydrogen) atoms. The smallest absolute Gasteiger partial charge is 0.387 e. The Kier molecular flexibility index (Phi) is 5.88. The third-order valence-electron chi connectivity index (χ3n) is 2.70. The summed E-state index contributed by atoms with van der Waals surface area (Å²) in [5, 5.41) is 6.45. The van der Waals surface area contributed by atoms with Gasteiger partial charge in [0.25, 0.3) is 0 Å². The molecule has 0 unspecified atom stereocenters. The van der Waals surface area contributed by atoms with Crippen LogP contribution in [-0.4, -0.2) is 29.2 Å². The fourth-order valence-electron chi connectivity index (χ4n) is 1.75. The molecule has 2 aromatic rings. The zero-order valence-corrected chi connectivity index (χ0v) is 19.2. The van der Waals surface area contributed by atoms with Gasteiger partial charge in [0.15, 0.2) is 5.75 Å². The van der Waals surface area contributed by atoms with Crippen LogP contribution in [0.2, 0.25) is 0 Å². The number of carbonyl (C=O) groups excluding carboxylic acids is 1. The quantitative estimate of drug-likeness (QED) is 0.315. The molecule has 9 heteroatoms. The minimum Gasteiger partial charge on any atom is -0.433 e. The van der Waals surface area contributed by atoms with Gasteiger partial charge in [-0.15, -0.1) is 0 Å². The summed E-state index contributed by atoms with van der Waals surface area (Å²) >= 11 is 0. The summed E-state index contributed by atoms with van der Waals surface area (Å²) in [4.78, 5) is 23.6. The second-order valence-electron chi connectivity index (χ2n) is 4.23. The SMILES string of the molecule is CNC=[C-]C(=O)c1nn(-c2ccccc2OC(F)F)ccc1=O.[Hs]. The molecule has 1 heterocycles. The molecular weight excluding hydrogens is 577 g/mol. The van der Waals surface area contributed by atoms with Gasteiger partial charge in [-0.05, 0) is 18.2 Å². The summed E-state index contributed by atoms with van der Waals surface area (Å²) in [5.74, 6) is -0.863. The van der Waals surface area contributed by atoms with Gasteiger partial charge in [0.05, 0.1) is 0 Å². The van der Waals surface area contributed by atoms with Crippen LogP contribution in [0.15, 0.2) is 47.5 Å². The molecule has 0 fully saturated rings. The number of para-hydroxylation sites is 2. The first kappa shape index (κ1) is 18.0. The first-order valence-corrected chi connectivity index (χ1v) is 6.47. The monoisotopic (exact) mass is 589 g/mol. The van der Waals surface area contributed by atoms with Crippen LogP contribution in [0.25, 0.3) is 5.69 Å². The predicted molar refractivity (Wildman–Crippen MR) is 77.7 cm³/mol. The van der Waals surface area contributed by atoms with Crippen LogP contribution in [0.3, 0.4) is 0 Å². The van der Waals surface area contributed by atoms with Gasteiger partial charge in [-0.2, -0.15) is 14.9 Å². The number of ketones is 1. The van der Waals surface area contributed by atoms with Gasteiger partial charge in [0.2, 0.25) is 0 Å². The van der Waals surface area contributed by atoms with E-state index in [0.717, 1.165) is 10.7 Å². The van der Waals surface area contributed by atoms with Gasteiger partial charge in [-0.3, -0.25) is 9.78 Å². The largest absolute Gasteiger partial charge is 0.433 e. The van der Waals surface area contributed by atoms with Crippen LogP contribution in [0.5, 0.6) is 5.75 Å². The number of halogens is 2. The third kappa shape index (κ3) is 4.00. The molecule has 0 saturated heterocycles. The van der Waals surface area contributed by atoms with E-state index in [9.17, 15) is 18.4 Å². The second-order valence-corrected chi connectivity index (χ2v) is 4.23. The maximum Gasteiger partial charge on any atom is 0.387 e. The molecule has 0 atom stereocenters. The van der Waals surface area contributed by atoms with Crippen molar-refractivity contribution in [1.82, 2.24) is 15.1 Å². The van der Waals surface area contributed by atoms with Crippen molar-refractivity contribution in [2.75, 3.05) is 7.05 Å². The van der Waals surface area contributed by atoms with E-state index in [1.807, 2.05) is 0 Å². The molecule has 0 spiro atoms. The van der Waals surface area contributed by atoms with E-state index in [-0.39, 0.29) is 17.1 Å². The molecule has 2 rings (SSSR count). The molecule has 0 amide bonds. The number of alkyl halides is 2. The Hall–Kier alpha value is -4.03. The van der Waals surface area contributed by atoms with Crippen LogP contribution in [0.1, 0.15) is 10.5 Å². The van der Waals surface area contributed by atoms with E-state index in [0.29, 0.717) is 0 Å². The standard InChI is InChI=1S/C15H12F2N3O3.Hs/c1-18-8-6-11(21)14-12(22)7-9-20(19-14)10-4-2-3-5-13(10)23-15(16)17;/h2-5,7-9,15,18H,1H3;/q-1;. The predicted octanol–water partition coefficient (Wildman–Crippen LogP) is 1.55. The molecule has 0 radical (unpaired) electrons. The molecule has 0 aliphatic rings. The number of nitrogens with zero attached hydrogens (tertiary/aromatic N) is 2. The number of nitrogens with one attached hydrogen (secondary N) is 1. The summed E-state index contributed by atoms with van der Waals surface area (Å²) in [6.07, 6.45) is 4.80. The number of hydrogen-bond acceptors (Lipinski definition) is 5. The summed E-state index contributed by atoms with van der Waals surface area (Å²) in [6.45, 7) is -3.01. The molecule has 6 nitrogen and oxygen atoms in total. The van der Waals surface area contributed by atoms with E-state index in [2.05, 4.69) is 21.2 Å². The average molecular weight is 589 g/mol. The van der Waals surface area contributed by atoms with Gasteiger partial charge >= 0.3 is 6.61 Å². The number of benzene rings is 1. The van der Waals surface area contributed by atoms with Crippen LogP contribution >= 0.6 is 0 Å². The van der Waals surface area contributed by atoms with E-state index in [1.165, 1.54) is 30.6 Å². The molecule has 0 aliphatic carbocycles. The van der Waals surface area contributed by atoms with Crippen LogP contribution < -0.4 is 15.5 Å². The Balaban J connectivity index is 0.00000288. The zero-order chi connectivity index (χ0) is 16.8. The van der Waals surface area contributed by atoms with Crippen molar-refractivity contribution in [3.05, 3.63) is 64.7 Å². The van der Waals surface area contributed by atoms with Gasteiger partial charge in [0, 0.05) is 24.7 Å². The fourth-order valence-corrected chi connectivity index (χ4v) is 1.75. The minimum atomic E-state index is -3.01. The van der Waals surface area contributed by atoms with Crippen molar-refractivity contribution in [2.24, 2.45) is 0 Å². The van der Waals surface area contributed by atoms with Gasteiger partial charge in [-0.25, -0.2) is 0 Å². The maximum atomic E-state index is 12.5. The molecule has 0 aliphatic heterocycles. The molecule has 122 valence electrons. The molecule has 1 N–H and O–H groups in total. The Morgan fingerprint density at radius 3 is 2.75 bits per heavy atom. The van der Waals surface area contributed by atoms with Crippen molar-refractivity contribution in [3.63, 3.8) is 0 Å². The first-order chi connectivity index (χ1) is 11.0. The Morgan fingerprint density at radius 2 is 2.08 bits per heavy atom. The second kappa shape index (κ2) is 7.83. The Bertz CT molecular complexity index is 794. The number of hydrogen-bond donors (Lipinski definition) is 1. The van der Waals surface area contributed by atoms with Crippen molar-refractivity contribution >= 4 is 5.78 Å². The first-order valence-electron chi connectivity index (χ1n) is 6.47. The van der Waals surface area contributed by atoms with E-state index >= 15 is 0 Å². The summed E-state index contributed by atoms with van der Waals surface area (Å²) in [6, 6.07) is 7.01. The number of allylic oxidation sites excluding steroid dienone is 1. The van der Waals surface area contributed by atoms with Crippen molar-refractivity contribution in [2.45, 2.75) is 6.61 Å². The topological polar surface area (TPSA) is 73.2 Å². The van der Waals surface area contributed by atoms with Crippen molar-refractivity contribution in [3.8, 4) is 11.4 Å². The van der Waals surface area contributed by atoms with Gasteiger partial charge in [0.1, 0.15) is 11.1 Å². The number of rotatable bonds is 6. The molecule has 0 saturated carbocycles. The number of aromatic nitrogens is 2. The van der Waals surface area contributed by atoms with Crippen LogP contribution in [0.4, 0.5) is 8.78 Å². The summed E-state index contributed by atoms with van der Waals surface area (Å²) in [7, 11) is 1.56. The minimum absolute atomic E-state index is 0. The van der Waals surface area contributed by atoms with Crippen molar-refractivity contribution in [1.29, 1.82) is 0 Å². The van der Waals surface area contributed by atoms with Gasteiger partial charge < -0.3 is 19.6 Å². The van der Waals surface area contributed by atoms with Crippen LogP contribution in [-0.2, 0) is 0 Å². The van der Waals surface area contributed by atoms with E-state index < -0.39 is 17.8 Å². The molecule has 0 bridgehead atoms. The number of ether oxygens (including phenoxy) is 1. The molecule has 1 aromatic carbocycles. The third-order valence-corrected chi connectivity index (χ3v) is 2.70. The zero-order valence-electron chi connectivity index (χ0n) is 12.7. The van der Waals surface area contributed by atoms with E-state index in [1.54, 1.807) is 13.1 Å². The molecular formula is C15H12F2HsN3O3-.